The number of nitrogens with one attached hydrogen (secondary N) is 2. The van der Waals surface area contributed by atoms with Gasteiger partial charge in [-0.1, -0.05) is 68.8 Å². The Hall–Kier alpha value is -3.35. The van der Waals surface area contributed by atoms with Crippen molar-refractivity contribution in [1.82, 2.24) is 10.6 Å². The molecule has 0 heterocycles. The Kier molecular flexibility index (Phi) is 7.73. The van der Waals surface area contributed by atoms with Crippen LogP contribution < -0.4 is 10.6 Å². The van der Waals surface area contributed by atoms with Crippen LogP contribution in [0.2, 0.25) is 0 Å². The summed E-state index contributed by atoms with van der Waals surface area (Å²) in [5.74, 6) is -1.12. The number of aliphatic carboxylic acids is 1. The Bertz CT molecular complexity index is 1030. The van der Waals surface area contributed by atoms with Gasteiger partial charge in [-0.3, -0.25) is 4.79 Å². The fourth-order valence-corrected chi connectivity index (χ4v) is 5.12. The quantitative estimate of drug-likeness (QED) is 0.459. The van der Waals surface area contributed by atoms with Crippen molar-refractivity contribution >= 4 is 18.0 Å². The number of carbonyl (C=O) groups excluding carboxylic acids is 2. The first-order valence-electron chi connectivity index (χ1n) is 12.5. The van der Waals surface area contributed by atoms with Gasteiger partial charge in [0.15, 0.2) is 0 Å². The molecule has 186 valence electrons. The van der Waals surface area contributed by atoms with E-state index in [0.29, 0.717) is 6.42 Å². The Morgan fingerprint density at radius 1 is 0.971 bits per heavy atom. The molecular formula is C28H34N2O5. The van der Waals surface area contributed by atoms with Gasteiger partial charge in [-0.25, -0.2) is 9.59 Å². The molecule has 2 atom stereocenters. The Morgan fingerprint density at radius 3 is 2.09 bits per heavy atom. The number of hydrogen-bond donors (Lipinski definition) is 3. The summed E-state index contributed by atoms with van der Waals surface area (Å²) < 4.78 is 5.67. The van der Waals surface area contributed by atoms with Gasteiger partial charge in [0.25, 0.3) is 0 Å². The lowest BCUT2D eigenvalue weighted by Gasteiger charge is -2.34. The van der Waals surface area contributed by atoms with Crippen LogP contribution in [0.5, 0.6) is 0 Å². The molecule has 2 aliphatic carbocycles. The van der Waals surface area contributed by atoms with E-state index in [2.05, 4.69) is 34.9 Å². The number of benzene rings is 2. The van der Waals surface area contributed by atoms with E-state index >= 15 is 0 Å². The van der Waals surface area contributed by atoms with Crippen LogP contribution in [-0.2, 0) is 14.3 Å². The number of amides is 2. The van der Waals surface area contributed by atoms with Crippen LogP contribution in [0.4, 0.5) is 4.79 Å². The Labute approximate surface area is 206 Å². The zero-order valence-electron chi connectivity index (χ0n) is 20.3. The van der Waals surface area contributed by atoms with Gasteiger partial charge in [0, 0.05) is 18.4 Å². The molecule has 0 radical (unpaired) electrons. The van der Waals surface area contributed by atoms with Crippen LogP contribution in [0.25, 0.3) is 11.1 Å². The van der Waals surface area contributed by atoms with Crippen LogP contribution in [0.15, 0.2) is 48.5 Å². The van der Waals surface area contributed by atoms with Gasteiger partial charge in [-0.05, 0) is 53.4 Å². The lowest BCUT2D eigenvalue weighted by Crippen LogP contribution is -2.48. The third-order valence-electron chi connectivity index (χ3n) is 7.11. The number of alkyl carbamates (subject to hydrolysis) is 1. The average Bonchev–Trinajstić information content (AvgIpc) is 3.09. The minimum absolute atomic E-state index is 0.0361. The van der Waals surface area contributed by atoms with Crippen LogP contribution in [0, 0.1) is 11.8 Å². The Balaban J connectivity index is 1.36. The van der Waals surface area contributed by atoms with E-state index in [1.165, 1.54) is 0 Å². The highest BCUT2D eigenvalue weighted by atomic mass is 16.5. The van der Waals surface area contributed by atoms with Gasteiger partial charge in [0.2, 0.25) is 5.91 Å². The number of rotatable bonds is 10. The second-order valence-corrected chi connectivity index (χ2v) is 10.1. The van der Waals surface area contributed by atoms with Gasteiger partial charge >= 0.3 is 12.1 Å². The van der Waals surface area contributed by atoms with Crippen molar-refractivity contribution in [2.45, 2.75) is 64.0 Å². The molecule has 1 fully saturated rings. The van der Waals surface area contributed by atoms with Crippen molar-refractivity contribution in [3.05, 3.63) is 59.7 Å². The third-order valence-corrected chi connectivity index (χ3v) is 7.11. The lowest BCUT2D eigenvalue weighted by molar-refractivity contribution is -0.142. The predicted molar refractivity (Wildman–Crippen MR) is 133 cm³/mol. The van der Waals surface area contributed by atoms with Crippen LogP contribution in [0.3, 0.4) is 0 Å². The lowest BCUT2D eigenvalue weighted by atomic mass is 9.78. The third kappa shape index (κ3) is 5.84. The molecule has 3 N–H and O–H groups in total. The highest BCUT2D eigenvalue weighted by Gasteiger charge is 2.33. The summed E-state index contributed by atoms with van der Waals surface area (Å²) in [6.45, 7) is 4.04. The maximum Gasteiger partial charge on any atom is 0.407 e. The standard InChI is InChI=1S/C28H34N2O5/c1-17(2)14-25(27(32)33)29-26(31)15-24(18-8-7-9-18)30-28(34)35-16-23-21-12-5-3-10-19(21)20-11-4-6-13-22(20)23/h3-6,10-13,17-18,23-25H,7-9,14-16H2,1-2H3,(H,29,31)(H,30,34)(H,32,33). The van der Waals surface area contributed by atoms with Gasteiger partial charge in [0.05, 0.1) is 0 Å². The van der Waals surface area contributed by atoms with Crippen molar-refractivity contribution in [2.75, 3.05) is 6.61 Å². The van der Waals surface area contributed by atoms with E-state index < -0.39 is 18.1 Å². The van der Waals surface area contributed by atoms with E-state index in [-0.39, 0.29) is 42.7 Å². The van der Waals surface area contributed by atoms with E-state index in [1.54, 1.807) is 0 Å². The minimum atomic E-state index is -1.04. The minimum Gasteiger partial charge on any atom is -0.480 e. The highest BCUT2D eigenvalue weighted by Crippen LogP contribution is 2.44. The van der Waals surface area contributed by atoms with Gasteiger partial charge < -0.3 is 20.5 Å². The normalized spacial score (nSPS) is 16.5. The van der Waals surface area contributed by atoms with Crippen molar-refractivity contribution in [2.24, 2.45) is 11.8 Å². The maximum atomic E-state index is 12.8. The molecule has 2 amide bonds. The number of fused-ring (bicyclic) bond motifs is 3. The molecule has 0 aliphatic heterocycles. The number of hydrogen-bond acceptors (Lipinski definition) is 4. The molecule has 7 heteroatoms. The Morgan fingerprint density at radius 2 is 1.57 bits per heavy atom. The van der Waals surface area contributed by atoms with Crippen molar-refractivity contribution < 1.29 is 24.2 Å². The molecule has 35 heavy (non-hydrogen) atoms. The predicted octanol–water partition coefficient (Wildman–Crippen LogP) is 4.70. The van der Waals surface area contributed by atoms with E-state index in [9.17, 15) is 19.5 Å². The summed E-state index contributed by atoms with van der Waals surface area (Å²) >= 11 is 0. The summed E-state index contributed by atoms with van der Waals surface area (Å²) in [4.78, 5) is 36.9. The average molecular weight is 479 g/mol. The highest BCUT2D eigenvalue weighted by molar-refractivity contribution is 5.84. The van der Waals surface area contributed by atoms with Gasteiger partial charge in [-0.15, -0.1) is 0 Å². The second-order valence-electron chi connectivity index (χ2n) is 10.1. The molecule has 0 saturated heterocycles. The molecule has 2 unspecified atom stereocenters. The first-order chi connectivity index (χ1) is 16.8. The van der Waals surface area contributed by atoms with Crippen molar-refractivity contribution in [1.29, 1.82) is 0 Å². The molecule has 0 spiro atoms. The molecule has 2 aliphatic rings. The topological polar surface area (TPSA) is 105 Å². The SMILES string of the molecule is CC(C)CC(NC(=O)CC(NC(=O)OCC1c2ccccc2-c2ccccc21)C1CCC1)C(=O)O. The van der Waals surface area contributed by atoms with Crippen LogP contribution in [-0.4, -0.2) is 41.8 Å². The van der Waals surface area contributed by atoms with E-state index in [0.717, 1.165) is 41.5 Å². The molecule has 0 bridgehead atoms. The van der Waals surface area contributed by atoms with Crippen LogP contribution >= 0.6 is 0 Å². The summed E-state index contributed by atoms with van der Waals surface area (Å²) in [5.41, 5.74) is 4.61. The van der Waals surface area contributed by atoms with Gasteiger partial charge in [0.1, 0.15) is 12.6 Å². The zero-order valence-corrected chi connectivity index (χ0v) is 20.3. The summed E-state index contributed by atoms with van der Waals surface area (Å²) in [6.07, 6.45) is 2.76. The van der Waals surface area contributed by atoms with Crippen LogP contribution in [0.1, 0.15) is 63.0 Å². The number of carbonyl (C=O) groups is 3. The first kappa shape index (κ1) is 24.8. The fraction of sp³-hybridized carbons (Fsp3) is 0.464. The van der Waals surface area contributed by atoms with E-state index in [4.69, 9.17) is 4.74 Å². The summed E-state index contributed by atoms with van der Waals surface area (Å²) in [6, 6.07) is 15.0. The first-order valence-corrected chi connectivity index (χ1v) is 12.5. The largest absolute Gasteiger partial charge is 0.480 e. The molecular weight excluding hydrogens is 444 g/mol. The second kappa shape index (κ2) is 10.9. The molecule has 0 aromatic heterocycles. The molecule has 1 saturated carbocycles. The van der Waals surface area contributed by atoms with Gasteiger partial charge in [-0.2, -0.15) is 0 Å². The number of ether oxygens (including phenoxy) is 1. The summed E-state index contributed by atoms with van der Waals surface area (Å²) in [5, 5.41) is 14.9. The van der Waals surface area contributed by atoms with Crippen molar-refractivity contribution in [3.63, 3.8) is 0 Å². The zero-order chi connectivity index (χ0) is 24.9. The number of carboxylic acid groups (broad SMARTS) is 1. The van der Waals surface area contributed by atoms with Crippen molar-refractivity contribution in [3.8, 4) is 11.1 Å². The number of carboxylic acids is 1. The summed E-state index contributed by atoms with van der Waals surface area (Å²) in [7, 11) is 0. The maximum absolute atomic E-state index is 12.8. The monoisotopic (exact) mass is 478 g/mol. The molecule has 7 nitrogen and oxygen atoms in total. The fourth-order valence-electron chi connectivity index (χ4n) is 5.12. The molecule has 2 aromatic carbocycles. The molecule has 4 rings (SSSR count). The smallest absolute Gasteiger partial charge is 0.407 e. The van der Waals surface area contributed by atoms with E-state index in [1.807, 2.05) is 38.1 Å². The molecule has 2 aromatic rings.